The van der Waals surface area contributed by atoms with Gasteiger partial charge in [-0.2, -0.15) is 0 Å². The third-order valence-electron chi connectivity index (χ3n) is 2.86. The topological polar surface area (TPSA) is 22.3 Å². The van der Waals surface area contributed by atoms with E-state index in [1.165, 1.54) is 15.5 Å². The third kappa shape index (κ3) is 1.74. The maximum absolute atomic E-state index is 5.32. The minimum Gasteiger partial charge on any atom is -0.128 e. The van der Waals surface area contributed by atoms with Crippen LogP contribution in [0.3, 0.4) is 0 Å². The molecule has 0 aliphatic carbocycles. The Balaban J connectivity index is 2.27. The molecule has 0 unspecified atom stereocenters. The van der Waals surface area contributed by atoms with Crippen molar-refractivity contribution in [2.45, 2.75) is 13.8 Å². The zero-order valence-corrected chi connectivity index (χ0v) is 11.2. The summed E-state index contributed by atoms with van der Waals surface area (Å²) >= 11 is 1.72. The zero-order valence-electron chi connectivity index (χ0n) is 10.3. The average Bonchev–Trinajstić information content (AvgIpc) is 2.72. The number of rotatable bonds is 3. The molecule has 0 radical (unpaired) electrons. The minimum atomic E-state index is 0.525. The molecule has 3 rings (SSSR count). The molecule has 0 N–H and O–H groups in total. The van der Waals surface area contributed by atoms with Crippen LogP contribution in [0.4, 0.5) is 0 Å². The summed E-state index contributed by atoms with van der Waals surface area (Å²) in [4.78, 5) is 10.4. The lowest BCUT2D eigenvalue weighted by Crippen LogP contribution is -2.43. The van der Waals surface area contributed by atoms with E-state index >= 15 is 0 Å². The molecule has 1 aromatic heterocycles. The standard InChI is InChI=1S/C14H14NO2S/c1-3-16-17-15-10(2)18-14-12-7-5-4-6-11(12)8-9-13(14)15/h4-9H,3H2,1-2H3/q+1. The summed E-state index contributed by atoms with van der Waals surface area (Å²) in [6.07, 6.45) is 0. The molecule has 0 spiro atoms. The lowest BCUT2D eigenvalue weighted by atomic mass is 10.1. The van der Waals surface area contributed by atoms with Crippen LogP contribution in [-0.2, 0) is 4.89 Å². The van der Waals surface area contributed by atoms with Crippen LogP contribution in [0.15, 0.2) is 36.4 Å². The van der Waals surface area contributed by atoms with Crippen LogP contribution in [0.2, 0.25) is 0 Å². The van der Waals surface area contributed by atoms with E-state index in [9.17, 15) is 0 Å². The smallest absolute Gasteiger partial charge is 0.128 e. The molecule has 1 heterocycles. The van der Waals surface area contributed by atoms with Crippen molar-refractivity contribution in [2.24, 2.45) is 0 Å². The number of fused-ring (bicyclic) bond motifs is 3. The lowest BCUT2D eigenvalue weighted by Gasteiger charge is -1.96. The Labute approximate surface area is 109 Å². The van der Waals surface area contributed by atoms with Gasteiger partial charge in [0.2, 0.25) is 0 Å². The van der Waals surface area contributed by atoms with Gasteiger partial charge in [-0.05, 0) is 18.4 Å². The first-order valence-electron chi connectivity index (χ1n) is 5.94. The third-order valence-corrected chi connectivity index (χ3v) is 3.95. The number of benzene rings is 2. The van der Waals surface area contributed by atoms with Gasteiger partial charge >= 0.3 is 0 Å². The highest BCUT2D eigenvalue weighted by atomic mass is 32.1. The van der Waals surface area contributed by atoms with Crippen molar-refractivity contribution in [2.75, 3.05) is 6.61 Å². The highest BCUT2D eigenvalue weighted by Gasteiger charge is 2.22. The van der Waals surface area contributed by atoms with Crippen molar-refractivity contribution in [3.05, 3.63) is 41.4 Å². The second-order valence-electron chi connectivity index (χ2n) is 4.03. The SMILES string of the molecule is CCOO[n+]1c(C)sc2c3ccccc3ccc21. The molecule has 0 bridgehead atoms. The first kappa shape index (κ1) is 11.4. The fourth-order valence-corrected chi connectivity index (χ4v) is 3.11. The van der Waals surface area contributed by atoms with E-state index in [-0.39, 0.29) is 0 Å². The number of hydrogen-bond acceptors (Lipinski definition) is 3. The summed E-state index contributed by atoms with van der Waals surface area (Å²) in [7, 11) is 0. The van der Waals surface area contributed by atoms with Crippen LogP contribution < -0.4 is 9.72 Å². The molecule has 0 aliphatic heterocycles. The van der Waals surface area contributed by atoms with Crippen LogP contribution in [0.1, 0.15) is 11.9 Å². The van der Waals surface area contributed by atoms with Gasteiger partial charge in [0.1, 0.15) is 4.70 Å². The maximum Gasteiger partial charge on any atom is 0.290 e. The van der Waals surface area contributed by atoms with Crippen molar-refractivity contribution in [1.82, 2.24) is 0 Å². The van der Waals surface area contributed by atoms with Gasteiger partial charge in [-0.1, -0.05) is 40.6 Å². The Morgan fingerprint density at radius 1 is 1.17 bits per heavy atom. The van der Waals surface area contributed by atoms with Gasteiger partial charge < -0.3 is 0 Å². The second kappa shape index (κ2) is 4.55. The normalized spacial score (nSPS) is 11.2. The molecule has 0 saturated heterocycles. The second-order valence-corrected chi connectivity index (χ2v) is 5.23. The largest absolute Gasteiger partial charge is 0.290 e. The van der Waals surface area contributed by atoms with E-state index in [0.29, 0.717) is 6.61 Å². The summed E-state index contributed by atoms with van der Waals surface area (Å²) in [5.74, 6) is 0. The van der Waals surface area contributed by atoms with E-state index in [0.717, 1.165) is 10.5 Å². The fourth-order valence-electron chi connectivity index (χ4n) is 2.06. The fraction of sp³-hybridized carbons (Fsp3) is 0.214. The number of aryl methyl sites for hydroxylation is 1. The van der Waals surface area contributed by atoms with Crippen molar-refractivity contribution >= 4 is 32.3 Å². The number of aromatic nitrogens is 1. The van der Waals surface area contributed by atoms with E-state index in [4.69, 9.17) is 9.88 Å². The Morgan fingerprint density at radius 2 is 2.00 bits per heavy atom. The molecule has 3 aromatic rings. The molecular formula is C14H14NO2S+. The van der Waals surface area contributed by atoms with Gasteiger partial charge in [-0.15, -0.1) is 4.89 Å². The molecule has 0 amide bonds. The van der Waals surface area contributed by atoms with Gasteiger partial charge in [0, 0.05) is 18.4 Å². The van der Waals surface area contributed by atoms with Crippen molar-refractivity contribution in [3.8, 4) is 0 Å². The maximum atomic E-state index is 5.32. The van der Waals surface area contributed by atoms with Crippen LogP contribution >= 0.6 is 11.3 Å². The highest BCUT2D eigenvalue weighted by molar-refractivity contribution is 7.19. The molecule has 92 valence electrons. The number of thiazole rings is 1. The summed E-state index contributed by atoms with van der Waals surface area (Å²) in [5, 5.41) is 3.56. The van der Waals surface area contributed by atoms with Gasteiger partial charge in [0.25, 0.3) is 10.5 Å². The Kier molecular flexibility index (Phi) is 2.89. The molecule has 0 atom stereocenters. The number of nitrogens with zero attached hydrogens (tertiary/aromatic N) is 1. The summed E-state index contributed by atoms with van der Waals surface area (Å²) < 4.78 is 2.97. The number of hydrogen-bond donors (Lipinski definition) is 0. The Morgan fingerprint density at radius 3 is 2.83 bits per heavy atom. The lowest BCUT2D eigenvalue weighted by molar-refractivity contribution is -0.942. The van der Waals surface area contributed by atoms with Crippen molar-refractivity contribution in [1.29, 1.82) is 0 Å². The first-order valence-corrected chi connectivity index (χ1v) is 6.76. The molecule has 0 saturated carbocycles. The van der Waals surface area contributed by atoms with Gasteiger partial charge in [0.05, 0.1) is 11.3 Å². The average molecular weight is 260 g/mol. The van der Waals surface area contributed by atoms with E-state index < -0.39 is 0 Å². The quantitative estimate of drug-likeness (QED) is 0.410. The monoisotopic (exact) mass is 260 g/mol. The van der Waals surface area contributed by atoms with Crippen molar-refractivity contribution < 1.29 is 14.6 Å². The summed E-state index contributed by atoms with van der Waals surface area (Å²) in [6.45, 7) is 4.45. The minimum absolute atomic E-state index is 0.525. The molecule has 2 aromatic carbocycles. The zero-order chi connectivity index (χ0) is 12.5. The highest BCUT2D eigenvalue weighted by Crippen LogP contribution is 2.28. The Hall–Kier alpha value is -1.65. The first-order chi connectivity index (χ1) is 8.81. The van der Waals surface area contributed by atoms with E-state index in [2.05, 4.69) is 36.4 Å². The van der Waals surface area contributed by atoms with Gasteiger partial charge in [0.15, 0.2) is 0 Å². The van der Waals surface area contributed by atoms with Crippen LogP contribution in [-0.4, -0.2) is 6.61 Å². The Bertz CT molecular complexity index is 705. The van der Waals surface area contributed by atoms with Gasteiger partial charge in [-0.25, -0.2) is 0 Å². The molecule has 3 nitrogen and oxygen atoms in total. The molecule has 0 fully saturated rings. The molecule has 18 heavy (non-hydrogen) atoms. The predicted octanol–water partition coefficient (Wildman–Crippen LogP) is 3.03. The molecule has 0 aliphatic rings. The summed E-state index contributed by atoms with van der Waals surface area (Å²) in [5.41, 5.74) is 1.05. The molecular weight excluding hydrogens is 246 g/mol. The predicted molar refractivity (Wildman–Crippen MR) is 72.5 cm³/mol. The van der Waals surface area contributed by atoms with Crippen LogP contribution in [0.5, 0.6) is 0 Å². The van der Waals surface area contributed by atoms with Crippen LogP contribution in [0, 0.1) is 6.92 Å². The van der Waals surface area contributed by atoms with Crippen molar-refractivity contribution in [3.63, 3.8) is 0 Å². The van der Waals surface area contributed by atoms with E-state index in [1.807, 2.05) is 13.8 Å². The summed E-state index contributed by atoms with van der Waals surface area (Å²) in [6, 6.07) is 12.6. The van der Waals surface area contributed by atoms with E-state index in [1.54, 1.807) is 16.1 Å². The molecule has 4 heteroatoms. The van der Waals surface area contributed by atoms with Crippen LogP contribution in [0.25, 0.3) is 21.0 Å². The van der Waals surface area contributed by atoms with Gasteiger partial charge in [-0.3, -0.25) is 0 Å².